The van der Waals surface area contributed by atoms with Gasteiger partial charge >= 0.3 is 0 Å². The Balaban J connectivity index is 1.47. The maximum absolute atomic E-state index is 14.6. The second-order valence-electron chi connectivity index (χ2n) is 14.0. The molecule has 0 radical (unpaired) electrons. The lowest BCUT2D eigenvalue weighted by molar-refractivity contribution is 0.0493. The fraction of sp³-hybridized carbons (Fsp3) is 0.432. The molecule has 3 heterocycles. The first kappa shape index (κ1) is 34.3. The average molecular weight is 684 g/mol. The molecule has 258 valence electrons. The van der Waals surface area contributed by atoms with E-state index >= 15 is 0 Å². The molecule has 1 aliphatic carbocycles. The first-order valence-corrected chi connectivity index (χ1v) is 18.4. The van der Waals surface area contributed by atoms with Crippen molar-refractivity contribution in [2.24, 2.45) is 5.41 Å². The number of benzene rings is 2. The highest BCUT2D eigenvalue weighted by atomic mass is 32.2. The highest BCUT2D eigenvalue weighted by Crippen LogP contribution is 2.33. The summed E-state index contributed by atoms with van der Waals surface area (Å²) in [6, 6.07) is 13.7. The van der Waals surface area contributed by atoms with E-state index in [2.05, 4.69) is 45.3 Å². The summed E-state index contributed by atoms with van der Waals surface area (Å²) in [6.45, 7) is 10.7. The first-order chi connectivity index (χ1) is 23.3. The number of anilines is 2. The van der Waals surface area contributed by atoms with Gasteiger partial charge in [-0.25, -0.2) is 23.1 Å². The second kappa shape index (κ2) is 13.7. The van der Waals surface area contributed by atoms with Crippen LogP contribution in [0.5, 0.6) is 5.88 Å². The van der Waals surface area contributed by atoms with Crippen LogP contribution in [0.15, 0.2) is 65.8 Å². The number of rotatable bonds is 8. The normalized spacial score (nSPS) is 17.9. The van der Waals surface area contributed by atoms with Crippen molar-refractivity contribution in [2.75, 3.05) is 23.3 Å². The van der Waals surface area contributed by atoms with Crippen molar-refractivity contribution in [3.05, 3.63) is 83.3 Å². The molecule has 1 N–H and O–H groups in total. The van der Waals surface area contributed by atoms with Crippen molar-refractivity contribution in [1.29, 1.82) is 0 Å². The topological polar surface area (TPSA) is 131 Å². The smallest absolute Gasteiger partial charge is 0.264 e. The molecule has 1 fully saturated rings. The Morgan fingerprint density at radius 3 is 2.45 bits per heavy atom. The maximum atomic E-state index is 14.6. The van der Waals surface area contributed by atoms with Crippen LogP contribution in [0.3, 0.4) is 0 Å². The van der Waals surface area contributed by atoms with Gasteiger partial charge in [-0.1, -0.05) is 51.5 Å². The van der Waals surface area contributed by atoms with E-state index in [-0.39, 0.29) is 46.8 Å². The molecule has 1 amide bonds. The molecule has 2 aliphatic rings. The molecular formula is C37H45N7O4S. The van der Waals surface area contributed by atoms with Gasteiger partial charge in [0.05, 0.1) is 41.3 Å². The summed E-state index contributed by atoms with van der Waals surface area (Å²) < 4.78 is 36.4. The molecule has 1 atom stereocenters. The predicted octanol–water partition coefficient (Wildman–Crippen LogP) is 6.57. The van der Waals surface area contributed by atoms with Crippen molar-refractivity contribution in [2.45, 2.75) is 90.2 Å². The summed E-state index contributed by atoms with van der Waals surface area (Å²) in [5.41, 5.74) is 4.08. The summed E-state index contributed by atoms with van der Waals surface area (Å²) >= 11 is 0. The van der Waals surface area contributed by atoms with E-state index in [0.717, 1.165) is 41.8 Å². The minimum Gasteiger partial charge on any atom is -0.475 e. The Labute approximate surface area is 289 Å². The number of amides is 1. The van der Waals surface area contributed by atoms with Gasteiger partial charge in [0.15, 0.2) is 0 Å². The first-order valence-electron chi connectivity index (χ1n) is 16.9. The summed E-state index contributed by atoms with van der Waals surface area (Å²) in [7, 11) is -2.14. The molecule has 0 saturated heterocycles. The van der Waals surface area contributed by atoms with Crippen LogP contribution >= 0.6 is 0 Å². The molecule has 12 heteroatoms. The maximum Gasteiger partial charge on any atom is 0.264 e. The van der Waals surface area contributed by atoms with E-state index in [1.54, 1.807) is 35.5 Å². The predicted molar refractivity (Wildman–Crippen MR) is 190 cm³/mol. The number of carbonyl (C=O) groups excluding carboxylic acids is 1. The third-order valence-electron chi connectivity index (χ3n) is 9.92. The zero-order chi connectivity index (χ0) is 34.9. The Morgan fingerprint density at radius 1 is 1.02 bits per heavy atom. The van der Waals surface area contributed by atoms with Crippen LogP contribution in [0.2, 0.25) is 0 Å². The molecule has 1 saturated carbocycles. The molecule has 49 heavy (non-hydrogen) atoms. The number of aryl methyl sites for hydroxylation is 2. The average Bonchev–Trinajstić information content (AvgIpc) is 3.04. The van der Waals surface area contributed by atoms with Gasteiger partial charge in [0, 0.05) is 30.3 Å². The van der Waals surface area contributed by atoms with Crippen molar-refractivity contribution in [1.82, 2.24) is 24.8 Å². The second-order valence-corrected chi connectivity index (χ2v) is 15.7. The fourth-order valence-electron chi connectivity index (χ4n) is 6.40. The number of sulfonamides is 1. The lowest BCUT2D eigenvalue weighted by Crippen LogP contribution is -2.45. The number of hydrogen-bond acceptors (Lipinski definition) is 9. The minimum absolute atomic E-state index is 0.0737. The van der Waals surface area contributed by atoms with E-state index in [1.165, 1.54) is 18.6 Å². The van der Waals surface area contributed by atoms with Gasteiger partial charge in [-0.3, -0.25) is 9.78 Å². The minimum atomic E-state index is -4.17. The van der Waals surface area contributed by atoms with Gasteiger partial charge in [0.2, 0.25) is 11.8 Å². The molecule has 1 aliphatic heterocycles. The van der Waals surface area contributed by atoms with Crippen molar-refractivity contribution in [3.8, 4) is 17.1 Å². The third kappa shape index (κ3) is 7.54. The molecule has 11 nitrogen and oxygen atoms in total. The molecule has 2 aromatic carbocycles. The summed E-state index contributed by atoms with van der Waals surface area (Å²) in [6.07, 6.45) is 8.36. The lowest BCUT2D eigenvalue weighted by Gasteiger charge is -2.37. The van der Waals surface area contributed by atoms with E-state index in [9.17, 15) is 13.2 Å². The zero-order valence-corrected chi connectivity index (χ0v) is 29.9. The van der Waals surface area contributed by atoms with Crippen LogP contribution in [0.4, 0.5) is 11.8 Å². The number of carbonyl (C=O) groups is 1. The van der Waals surface area contributed by atoms with E-state index in [0.29, 0.717) is 23.9 Å². The summed E-state index contributed by atoms with van der Waals surface area (Å²) in [5, 5.41) is 0. The van der Waals surface area contributed by atoms with Gasteiger partial charge in [-0.2, -0.15) is 4.98 Å². The van der Waals surface area contributed by atoms with Gasteiger partial charge in [-0.05, 0) is 74.3 Å². The standard InChI is InChI=1S/C37H45N7O4S/c1-7-37(4,5)19-29-23-48-33-18-31(34-24(2)11-8-12-25(34)3)40-36(41-33)42-49(46,47)30-16-9-13-26(17-30)35(45)44(29)22-27-20-38-21-32(39-27)43(6)28-14-10-15-28/h8-9,11-13,16-18,20-21,28-29H,7,10,14-15,19,22-23H2,1-6H3,(H,40,41,42)/t29-/m1/s1. The molecule has 2 aromatic heterocycles. The monoisotopic (exact) mass is 683 g/mol. The van der Waals surface area contributed by atoms with Crippen molar-refractivity contribution in [3.63, 3.8) is 0 Å². The SMILES string of the molecule is CCC(C)(C)C[C@@H]1COc2cc(-c3c(C)cccc3C)nc(n2)NS(=O)(=O)c2cccc(c2)C(=O)N1Cc1cncc(N(C)C2CCC2)n1. The Bertz CT molecular complexity index is 1940. The summed E-state index contributed by atoms with van der Waals surface area (Å²) in [4.78, 5) is 37.0. The number of hydrogen-bond donors (Lipinski definition) is 1. The third-order valence-corrected chi connectivity index (χ3v) is 11.2. The number of fused-ring (bicyclic) bond motifs is 4. The van der Waals surface area contributed by atoms with Gasteiger partial charge in [-0.15, -0.1) is 0 Å². The van der Waals surface area contributed by atoms with Crippen LogP contribution in [-0.2, 0) is 16.6 Å². The fourth-order valence-corrected chi connectivity index (χ4v) is 7.39. The Kier molecular flexibility index (Phi) is 9.61. The van der Waals surface area contributed by atoms with Gasteiger partial charge in [0.1, 0.15) is 12.4 Å². The number of ether oxygens (including phenoxy) is 1. The van der Waals surface area contributed by atoms with E-state index in [4.69, 9.17) is 9.72 Å². The molecule has 6 rings (SSSR count). The van der Waals surface area contributed by atoms with E-state index < -0.39 is 16.1 Å². The van der Waals surface area contributed by atoms with Crippen LogP contribution in [0.1, 0.15) is 80.1 Å². The highest BCUT2D eigenvalue weighted by molar-refractivity contribution is 7.92. The lowest BCUT2D eigenvalue weighted by atomic mass is 9.83. The van der Waals surface area contributed by atoms with Crippen molar-refractivity contribution < 1.29 is 17.9 Å². The van der Waals surface area contributed by atoms with Crippen LogP contribution in [0.25, 0.3) is 11.3 Å². The van der Waals surface area contributed by atoms with Crippen molar-refractivity contribution >= 4 is 27.7 Å². The molecule has 4 bridgehead atoms. The van der Waals surface area contributed by atoms with Crippen LogP contribution in [-0.4, -0.2) is 64.9 Å². The molecule has 0 spiro atoms. The summed E-state index contributed by atoms with van der Waals surface area (Å²) in [5.74, 6) is 0.516. The van der Waals surface area contributed by atoms with Gasteiger partial charge < -0.3 is 14.5 Å². The van der Waals surface area contributed by atoms with E-state index in [1.807, 2.05) is 39.1 Å². The number of aromatic nitrogens is 4. The molecular weight excluding hydrogens is 639 g/mol. The number of nitrogens with zero attached hydrogens (tertiary/aromatic N) is 6. The van der Waals surface area contributed by atoms with Crippen LogP contribution in [0, 0.1) is 19.3 Å². The molecule has 0 unspecified atom stereocenters. The largest absolute Gasteiger partial charge is 0.475 e. The Hall–Kier alpha value is -4.58. The molecule has 4 aromatic rings. The Morgan fingerprint density at radius 2 is 1.76 bits per heavy atom. The van der Waals surface area contributed by atoms with Gasteiger partial charge in [0.25, 0.3) is 15.9 Å². The zero-order valence-electron chi connectivity index (χ0n) is 29.1. The van der Waals surface area contributed by atoms with Crippen LogP contribution < -0.4 is 14.4 Å². The number of nitrogens with one attached hydrogen (secondary N) is 1. The quantitative estimate of drug-likeness (QED) is 0.219. The highest BCUT2D eigenvalue weighted by Gasteiger charge is 2.33.